The Hall–Kier alpha value is -2.44. The number of rotatable bonds is 5. The molecule has 1 aromatic heterocycles. The van der Waals surface area contributed by atoms with E-state index < -0.39 is 6.10 Å². The maximum Gasteiger partial charge on any atom is 0.243 e. The van der Waals surface area contributed by atoms with Gasteiger partial charge in [0.15, 0.2) is 0 Å². The molecule has 1 aromatic carbocycles. The van der Waals surface area contributed by atoms with E-state index in [0.717, 1.165) is 50.1 Å². The van der Waals surface area contributed by atoms with Crippen LogP contribution in [0.2, 0.25) is 0 Å². The molecule has 2 N–H and O–H groups in total. The maximum absolute atomic E-state index is 12.1. The number of fused-ring (bicyclic) bond motifs is 3. The number of pyridine rings is 1. The van der Waals surface area contributed by atoms with Crippen molar-refractivity contribution in [1.82, 2.24) is 9.88 Å². The Bertz CT molecular complexity index is 872. The van der Waals surface area contributed by atoms with Crippen LogP contribution in [0.5, 0.6) is 0 Å². The SMILES string of the molecule is O=C1CN2c3c(cccc3C3CN(CCCC(O)c4ccncc4)CCC32)N1. The van der Waals surface area contributed by atoms with Gasteiger partial charge in [0.05, 0.1) is 24.0 Å². The molecule has 3 atom stereocenters. The van der Waals surface area contributed by atoms with Crippen molar-refractivity contribution in [3.8, 4) is 0 Å². The third-order valence-electron chi connectivity index (χ3n) is 6.45. The Balaban J connectivity index is 1.23. The molecular weight excluding hydrogens is 352 g/mol. The largest absolute Gasteiger partial charge is 0.388 e. The number of aliphatic hydroxyl groups is 1. The number of para-hydroxylation sites is 1. The van der Waals surface area contributed by atoms with Gasteiger partial charge in [-0.15, -0.1) is 0 Å². The predicted octanol–water partition coefficient (Wildman–Crippen LogP) is 2.53. The Labute approximate surface area is 165 Å². The van der Waals surface area contributed by atoms with Crippen LogP contribution >= 0.6 is 0 Å². The number of nitrogens with one attached hydrogen (secondary N) is 1. The second kappa shape index (κ2) is 7.18. The number of aliphatic hydroxyl groups excluding tert-OH is 1. The molecule has 6 heteroatoms. The molecule has 0 saturated carbocycles. The number of likely N-dealkylation sites (tertiary alicyclic amines) is 1. The molecule has 0 spiro atoms. The van der Waals surface area contributed by atoms with Crippen molar-refractivity contribution >= 4 is 17.3 Å². The molecule has 3 unspecified atom stereocenters. The minimum Gasteiger partial charge on any atom is -0.388 e. The van der Waals surface area contributed by atoms with Gasteiger partial charge >= 0.3 is 0 Å². The van der Waals surface area contributed by atoms with Gasteiger partial charge in [0, 0.05) is 37.4 Å². The standard InChI is InChI=1S/C22H26N4O2/c27-20(15-6-9-23-10-7-15)5-2-11-25-12-8-19-17(13-25)16-3-1-4-18-22(16)26(19)14-21(28)24-18/h1,3-4,6-7,9-10,17,19-20,27H,2,5,8,11-14H2,(H,24,28). The lowest BCUT2D eigenvalue weighted by Gasteiger charge is -2.39. The Kier molecular flexibility index (Phi) is 4.53. The van der Waals surface area contributed by atoms with Crippen LogP contribution in [0.1, 0.15) is 42.4 Å². The molecule has 28 heavy (non-hydrogen) atoms. The molecule has 5 rings (SSSR count). The highest BCUT2D eigenvalue weighted by Crippen LogP contribution is 2.49. The second-order valence-electron chi connectivity index (χ2n) is 8.12. The molecule has 1 saturated heterocycles. The monoisotopic (exact) mass is 378 g/mol. The molecule has 146 valence electrons. The lowest BCUT2D eigenvalue weighted by Crippen LogP contribution is -2.49. The Morgan fingerprint density at radius 1 is 1.25 bits per heavy atom. The zero-order chi connectivity index (χ0) is 19.1. The third-order valence-corrected chi connectivity index (χ3v) is 6.45. The van der Waals surface area contributed by atoms with Gasteiger partial charge in [-0.3, -0.25) is 9.78 Å². The zero-order valence-electron chi connectivity index (χ0n) is 15.9. The van der Waals surface area contributed by atoms with Crippen molar-refractivity contribution in [3.63, 3.8) is 0 Å². The molecular formula is C22H26N4O2. The first-order valence-electron chi connectivity index (χ1n) is 10.2. The normalized spacial score (nSPS) is 24.5. The van der Waals surface area contributed by atoms with Crippen molar-refractivity contribution in [2.24, 2.45) is 0 Å². The number of hydrogen-bond acceptors (Lipinski definition) is 5. The van der Waals surface area contributed by atoms with Crippen molar-refractivity contribution in [1.29, 1.82) is 0 Å². The minimum absolute atomic E-state index is 0.0952. The highest BCUT2D eigenvalue weighted by atomic mass is 16.3. The van der Waals surface area contributed by atoms with Crippen LogP contribution in [0.15, 0.2) is 42.7 Å². The fraction of sp³-hybridized carbons (Fsp3) is 0.455. The van der Waals surface area contributed by atoms with E-state index in [0.29, 0.717) is 18.5 Å². The predicted molar refractivity (Wildman–Crippen MR) is 108 cm³/mol. The van der Waals surface area contributed by atoms with Gasteiger partial charge < -0.3 is 20.2 Å². The fourth-order valence-corrected chi connectivity index (χ4v) is 5.14. The molecule has 3 aliphatic rings. The molecule has 4 heterocycles. The van der Waals surface area contributed by atoms with Crippen molar-refractivity contribution < 1.29 is 9.90 Å². The average molecular weight is 378 g/mol. The van der Waals surface area contributed by atoms with E-state index in [2.05, 4.69) is 32.2 Å². The van der Waals surface area contributed by atoms with Gasteiger partial charge in [-0.1, -0.05) is 12.1 Å². The summed E-state index contributed by atoms with van der Waals surface area (Å²) in [6, 6.07) is 10.5. The van der Waals surface area contributed by atoms with Crippen LogP contribution in [-0.2, 0) is 4.79 Å². The van der Waals surface area contributed by atoms with Crippen molar-refractivity contribution in [2.45, 2.75) is 37.3 Å². The first-order valence-corrected chi connectivity index (χ1v) is 10.2. The van der Waals surface area contributed by atoms with Gasteiger partial charge in [-0.2, -0.15) is 0 Å². The van der Waals surface area contributed by atoms with E-state index in [-0.39, 0.29) is 5.91 Å². The summed E-state index contributed by atoms with van der Waals surface area (Å²) < 4.78 is 0. The minimum atomic E-state index is -0.419. The summed E-state index contributed by atoms with van der Waals surface area (Å²) in [4.78, 5) is 21.0. The topological polar surface area (TPSA) is 68.7 Å². The zero-order valence-corrected chi connectivity index (χ0v) is 15.9. The molecule has 6 nitrogen and oxygen atoms in total. The van der Waals surface area contributed by atoms with Crippen LogP contribution < -0.4 is 10.2 Å². The summed E-state index contributed by atoms with van der Waals surface area (Å²) in [6.45, 7) is 3.55. The number of amides is 1. The van der Waals surface area contributed by atoms with E-state index >= 15 is 0 Å². The third kappa shape index (κ3) is 3.06. The molecule has 1 amide bonds. The van der Waals surface area contributed by atoms with Gasteiger partial charge in [0.2, 0.25) is 5.91 Å². The van der Waals surface area contributed by atoms with Crippen LogP contribution in [0.4, 0.5) is 11.4 Å². The number of nitrogens with zero attached hydrogens (tertiary/aromatic N) is 3. The summed E-state index contributed by atoms with van der Waals surface area (Å²) >= 11 is 0. The fourth-order valence-electron chi connectivity index (χ4n) is 5.14. The van der Waals surface area contributed by atoms with Gasteiger partial charge in [0.25, 0.3) is 0 Å². The quantitative estimate of drug-likeness (QED) is 0.837. The molecule has 3 aliphatic heterocycles. The number of hydrogen-bond donors (Lipinski definition) is 2. The lowest BCUT2D eigenvalue weighted by molar-refractivity contribution is -0.115. The number of anilines is 2. The molecule has 0 aliphatic carbocycles. The Morgan fingerprint density at radius 3 is 2.96 bits per heavy atom. The van der Waals surface area contributed by atoms with Gasteiger partial charge in [-0.25, -0.2) is 0 Å². The number of piperidine rings is 1. The van der Waals surface area contributed by atoms with E-state index in [4.69, 9.17) is 0 Å². The summed E-state index contributed by atoms with van der Waals surface area (Å²) in [5, 5.41) is 13.4. The van der Waals surface area contributed by atoms with Crippen LogP contribution in [0.3, 0.4) is 0 Å². The molecule has 0 radical (unpaired) electrons. The first kappa shape index (κ1) is 17.6. The van der Waals surface area contributed by atoms with E-state index in [1.54, 1.807) is 12.4 Å². The smallest absolute Gasteiger partial charge is 0.243 e. The summed E-state index contributed by atoms with van der Waals surface area (Å²) in [5.41, 5.74) is 4.53. The van der Waals surface area contributed by atoms with Gasteiger partial charge in [0.1, 0.15) is 0 Å². The highest BCUT2D eigenvalue weighted by Gasteiger charge is 2.44. The van der Waals surface area contributed by atoms with E-state index in [1.807, 2.05) is 18.2 Å². The van der Waals surface area contributed by atoms with Crippen LogP contribution in [0.25, 0.3) is 0 Å². The number of carbonyl (C=O) groups is 1. The molecule has 1 fully saturated rings. The Morgan fingerprint density at radius 2 is 2.11 bits per heavy atom. The van der Waals surface area contributed by atoms with Crippen molar-refractivity contribution in [3.05, 3.63) is 53.9 Å². The van der Waals surface area contributed by atoms with Crippen molar-refractivity contribution in [2.75, 3.05) is 36.4 Å². The van der Waals surface area contributed by atoms with E-state index in [1.165, 1.54) is 11.3 Å². The first-order chi connectivity index (χ1) is 13.7. The second-order valence-corrected chi connectivity index (χ2v) is 8.12. The number of carbonyl (C=O) groups excluding carboxylic acids is 1. The number of benzene rings is 1. The van der Waals surface area contributed by atoms with Crippen LogP contribution in [-0.4, -0.2) is 53.1 Å². The average Bonchev–Trinajstić information content (AvgIpc) is 3.03. The number of aromatic nitrogens is 1. The highest BCUT2D eigenvalue weighted by molar-refractivity contribution is 6.03. The van der Waals surface area contributed by atoms with Crippen LogP contribution in [0, 0.1) is 0 Å². The van der Waals surface area contributed by atoms with E-state index in [9.17, 15) is 9.90 Å². The summed E-state index contributed by atoms with van der Waals surface area (Å²) in [5.74, 6) is 0.555. The summed E-state index contributed by atoms with van der Waals surface area (Å²) in [6.07, 6.45) is 5.85. The maximum atomic E-state index is 12.1. The molecule has 2 aromatic rings. The summed E-state index contributed by atoms with van der Waals surface area (Å²) in [7, 11) is 0. The molecule has 0 bridgehead atoms. The lowest BCUT2D eigenvalue weighted by atomic mass is 9.89. The van der Waals surface area contributed by atoms with Gasteiger partial charge in [-0.05, 0) is 55.1 Å².